The molecule has 1 heterocycles. The lowest BCUT2D eigenvalue weighted by atomic mass is 10.1. The second-order valence-electron chi connectivity index (χ2n) is 7.18. The minimum atomic E-state index is -0.774. The van der Waals surface area contributed by atoms with Crippen LogP contribution in [0, 0.1) is 20.2 Å². The summed E-state index contributed by atoms with van der Waals surface area (Å²) >= 11 is 1.22. The number of hydrogen-bond donors (Lipinski definition) is 0. The number of thiazole rings is 1. The van der Waals surface area contributed by atoms with Crippen LogP contribution >= 0.6 is 11.3 Å². The number of rotatable bonds is 9. The molecule has 0 saturated carbocycles. The predicted octanol–water partition coefficient (Wildman–Crippen LogP) is 3.34. The van der Waals surface area contributed by atoms with Crippen molar-refractivity contribution in [3.63, 3.8) is 0 Å². The third-order valence-electron chi connectivity index (χ3n) is 4.70. The first kappa shape index (κ1) is 23.8. The smallest absolute Gasteiger partial charge is 0.277 e. The van der Waals surface area contributed by atoms with Crippen LogP contribution in [0.4, 0.5) is 16.5 Å². The van der Waals surface area contributed by atoms with E-state index >= 15 is 0 Å². The van der Waals surface area contributed by atoms with E-state index in [4.69, 9.17) is 9.47 Å². The van der Waals surface area contributed by atoms with Crippen LogP contribution in [-0.4, -0.2) is 67.0 Å². The SMILES string of the molecule is COc1cc2nc(N(CCN(C)C)C(=O)c3cc([N+](=O)[O-])cc([N+](=O)[O-])c3)sc2cc1OC. The number of aromatic nitrogens is 1. The number of hydrogen-bond acceptors (Lipinski definition) is 10. The normalized spacial score (nSPS) is 10.9. The summed E-state index contributed by atoms with van der Waals surface area (Å²) in [6.45, 7) is 0.668. The number of benzene rings is 2. The van der Waals surface area contributed by atoms with Crippen LogP contribution in [0.2, 0.25) is 0 Å². The second kappa shape index (κ2) is 9.75. The average molecular weight is 475 g/mol. The summed E-state index contributed by atoms with van der Waals surface area (Å²) in [5.74, 6) is 0.338. The van der Waals surface area contributed by atoms with Crippen molar-refractivity contribution in [3.05, 3.63) is 56.1 Å². The highest BCUT2D eigenvalue weighted by Gasteiger charge is 2.26. The van der Waals surface area contributed by atoms with Gasteiger partial charge in [0, 0.05) is 37.4 Å². The molecule has 0 spiro atoms. The number of methoxy groups -OCH3 is 2. The fraction of sp³-hybridized carbons (Fsp3) is 0.300. The molecule has 0 aliphatic rings. The number of ether oxygens (including phenoxy) is 2. The molecule has 0 atom stereocenters. The molecule has 0 saturated heterocycles. The van der Waals surface area contributed by atoms with E-state index in [2.05, 4.69) is 4.98 Å². The van der Waals surface area contributed by atoms with Crippen molar-refractivity contribution in [1.29, 1.82) is 0 Å². The minimum Gasteiger partial charge on any atom is -0.493 e. The van der Waals surface area contributed by atoms with E-state index in [0.29, 0.717) is 28.7 Å². The Kier molecular flexibility index (Phi) is 7.04. The molecule has 0 unspecified atom stereocenters. The van der Waals surface area contributed by atoms with Gasteiger partial charge in [0.1, 0.15) is 0 Å². The Morgan fingerprint density at radius 1 is 0.970 bits per heavy atom. The van der Waals surface area contributed by atoms with E-state index in [-0.39, 0.29) is 12.1 Å². The number of nitrogens with zero attached hydrogens (tertiary/aromatic N) is 5. The zero-order valence-electron chi connectivity index (χ0n) is 18.3. The Hall–Kier alpha value is -3.84. The highest BCUT2D eigenvalue weighted by molar-refractivity contribution is 7.22. The van der Waals surface area contributed by atoms with Crippen molar-refractivity contribution in [3.8, 4) is 11.5 Å². The number of nitro groups is 2. The summed E-state index contributed by atoms with van der Waals surface area (Å²) in [5, 5.41) is 22.9. The molecule has 1 amide bonds. The zero-order chi connectivity index (χ0) is 24.3. The largest absolute Gasteiger partial charge is 0.493 e. The van der Waals surface area contributed by atoms with Crippen molar-refractivity contribution < 1.29 is 24.1 Å². The van der Waals surface area contributed by atoms with Gasteiger partial charge in [-0.3, -0.25) is 29.9 Å². The standard InChI is InChI=1S/C20H21N5O7S/c1-22(2)5-6-23(19(26)12-7-13(24(27)28)9-14(8-12)25(29)30)20-21-15-10-16(31-3)17(32-4)11-18(15)33-20/h7-11H,5-6H2,1-4H3. The molecular weight excluding hydrogens is 454 g/mol. The van der Waals surface area contributed by atoms with Gasteiger partial charge in [0.15, 0.2) is 16.6 Å². The van der Waals surface area contributed by atoms with Crippen molar-refractivity contribution in [2.24, 2.45) is 0 Å². The molecule has 2 aromatic carbocycles. The molecule has 12 nitrogen and oxygen atoms in total. The van der Waals surface area contributed by atoms with Gasteiger partial charge >= 0.3 is 0 Å². The van der Waals surface area contributed by atoms with Crippen LogP contribution in [-0.2, 0) is 0 Å². The maximum atomic E-state index is 13.4. The van der Waals surface area contributed by atoms with Crippen LogP contribution in [0.5, 0.6) is 11.5 Å². The van der Waals surface area contributed by atoms with E-state index in [0.717, 1.165) is 22.9 Å². The maximum absolute atomic E-state index is 13.4. The molecule has 0 N–H and O–H groups in total. The van der Waals surface area contributed by atoms with Crippen LogP contribution in [0.25, 0.3) is 10.2 Å². The van der Waals surface area contributed by atoms with Crippen molar-refractivity contribution in [2.45, 2.75) is 0 Å². The van der Waals surface area contributed by atoms with Crippen molar-refractivity contribution in [1.82, 2.24) is 9.88 Å². The van der Waals surface area contributed by atoms with Crippen molar-refractivity contribution >= 4 is 44.0 Å². The molecule has 0 bridgehead atoms. The molecule has 0 fully saturated rings. The van der Waals surface area contributed by atoms with Gasteiger partial charge in [0.05, 0.1) is 45.9 Å². The Morgan fingerprint density at radius 3 is 2.06 bits per heavy atom. The van der Waals surface area contributed by atoms with Crippen LogP contribution in [0.1, 0.15) is 10.4 Å². The quantitative estimate of drug-likeness (QED) is 0.336. The Balaban J connectivity index is 2.11. The summed E-state index contributed by atoms with van der Waals surface area (Å²) < 4.78 is 11.4. The van der Waals surface area contributed by atoms with Gasteiger partial charge in [-0.05, 0) is 14.1 Å². The monoisotopic (exact) mass is 475 g/mol. The fourth-order valence-electron chi connectivity index (χ4n) is 3.03. The summed E-state index contributed by atoms with van der Waals surface area (Å²) in [6, 6.07) is 6.29. The lowest BCUT2D eigenvalue weighted by Crippen LogP contribution is -2.36. The molecular formula is C20H21N5O7S. The number of nitro benzene ring substituents is 2. The summed E-state index contributed by atoms with van der Waals surface area (Å²) in [6.07, 6.45) is 0. The van der Waals surface area contributed by atoms with Gasteiger partial charge < -0.3 is 14.4 Å². The van der Waals surface area contributed by atoms with E-state index in [1.54, 1.807) is 12.1 Å². The van der Waals surface area contributed by atoms with E-state index < -0.39 is 27.1 Å². The number of likely N-dealkylation sites (N-methyl/N-ethyl adjacent to an activating group) is 1. The third kappa shape index (κ3) is 5.15. The number of fused-ring (bicyclic) bond motifs is 1. The van der Waals surface area contributed by atoms with Crippen LogP contribution < -0.4 is 14.4 Å². The van der Waals surface area contributed by atoms with E-state index in [9.17, 15) is 25.0 Å². The number of carbonyl (C=O) groups is 1. The van der Waals surface area contributed by atoms with E-state index in [1.807, 2.05) is 19.0 Å². The van der Waals surface area contributed by atoms with E-state index in [1.165, 1.54) is 30.5 Å². The average Bonchev–Trinajstić information content (AvgIpc) is 3.19. The number of carbonyl (C=O) groups excluding carboxylic acids is 1. The molecule has 3 rings (SSSR count). The van der Waals surface area contributed by atoms with Crippen molar-refractivity contribution in [2.75, 3.05) is 46.3 Å². The highest BCUT2D eigenvalue weighted by Crippen LogP contribution is 2.37. The number of anilines is 1. The predicted molar refractivity (Wildman–Crippen MR) is 123 cm³/mol. The molecule has 3 aromatic rings. The van der Waals surface area contributed by atoms with Gasteiger partial charge in [0.2, 0.25) is 0 Å². The molecule has 13 heteroatoms. The lowest BCUT2D eigenvalue weighted by molar-refractivity contribution is -0.394. The maximum Gasteiger partial charge on any atom is 0.277 e. The molecule has 33 heavy (non-hydrogen) atoms. The fourth-order valence-corrected chi connectivity index (χ4v) is 4.03. The Morgan fingerprint density at radius 2 is 1.55 bits per heavy atom. The highest BCUT2D eigenvalue weighted by atomic mass is 32.1. The first-order chi connectivity index (χ1) is 15.6. The summed E-state index contributed by atoms with van der Waals surface area (Å²) in [7, 11) is 6.66. The molecule has 0 radical (unpaired) electrons. The first-order valence-corrected chi connectivity index (χ1v) is 10.4. The Bertz CT molecular complexity index is 1150. The molecule has 0 aliphatic heterocycles. The second-order valence-corrected chi connectivity index (χ2v) is 8.19. The molecule has 0 aliphatic carbocycles. The Labute approximate surface area is 192 Å². The van der Waals surface area contributed by atoms with Gasteiger partial charge in [-0.1, -0.05) is 11.3 Å². The van der Waals surface area contributed by atoms with Gasteiger partial charge in [-0.25, -0.2) is 4.98 Å². The number of non-ortho nitro benzene ring substituents is 2. The van der Waals surface area contributed by atoms with Gasteiger partial charge in [-0.2, -0.15) is 0 Å². The van der Waals surface area contributed by atoms with Gasteiger partial charge in [0.25, 0.3) is 17.3 Å². The summed E-state index contributed by atoms with van der Waals surface area (Å²) in [4.78, 5) is 42.1. The molecule has 1 aromatic heterocycles. The lowest BCUT2D eigenvalue weighted by Gasteiger charge is -2.22. The minimum absolute atomic E-state index is 0.177. The summed E-state index contributed by atoms with van der Waals surface area (Å²) in [5.41, 5.74) is -0.692. The van der Waals surface area contributed by atoms with Gasteiger partial charge in [-0.15, -0.1) is 0 Å². The van der Waals surface area contributed by atoms with Crippen LogP contribution in [0.3, 0.4) is 0 Å². The topological polar surface area (TPSA) is 141 Å². The number of amides is 1. The molecule has 174 valence electrons. The zero-order valence-corrected chi connectivity index (χ0v) is 19.1. The van der Waals surface area contributed by atoms with Crippen LogP contribution in [0.15, 0.2) is 30.3 Å². The third-order valence-corrected chi connectivity index (χ3v) is 5.74. The first-order valence-electron chi connectivity index (χ1n) is 9.57.